The summed E-state index contributed by atoms with van der Waals surface area (Å²) in [7, 11) is 1.32. The maximum atomic E-state index is 11.3. The Morgan fingerprint density at radius 1 is 1.50 bits per heavy atom. The van der Waals surface area contributed by atoms with E-state index >= 15 is 0 Å². The van der Waals surface area contributed by atoms with Gasteiger partial charge in [0.2, 0.25) is 5.76 Å². The van der Waals surface area contributed by atoms with Crippen LogP contribution in [0.5, 0.6) is 0 Å². The molecule has 1 heterocycles. The Bertz CT molecular complexity index is 446. The molecule has 0 spiro atoms. The van der Waals surface area contributed by atoms with Crippen LogP contribution < -0.4 is 5.32 Å². The van der Waals surface area contributed by atoms with Gasteiger partial charge in [-0.2, -0.15) is 0 Å². The van der Waals surface area contributed by atoms with E-state index in [1.54, 1.807) is 12.1 Å². The standard InChI is InChI=1S/C15H23NO4/c1-11-5-7-15(18,8-6-11)10-16-9-12-3-4-13(20-12)14(17)19-2/h3-4,11,16,18H,5-10H2,1-2H3. The van der Waals surface area contributed by atoms with Crippen molar-refractivity contribution in [2.24, 2.45) is 5.92 Å². The summed E-state index contributed by atoms with van der Waals surface area (Å²) in [6.45, 7) is 3.27. The molecule has 5 heteroatoms. The fourth-order valence-electron chi connectivity index (χ4n) is 2.58. The van der Waals surface area contributed by atoms with Gasteiger partial charge >= 0.3 is 5.97 Å². The Labute approximate surface area is 119 Å². The summed E-state index contributed by atoms with van der Waals surface area (Å²) in [5.41, 5.74) is -0.607. The highest BCUT2D eigenvalue weighted by Crippen LogP contribution is 2.31. The van der Waals surface area contributed by atoms with Crippen molar-refractivity contribution < 1.29 is 19.1 Å². The molecule has 0 bridgehead atoms. The van der Waals surface area contributed by atoms with Crippen LogP contribution in [0.1, 0.15) is 48.9 Å². The van der Waals surface area contributed by atoms with Crippen molar-refractivity contribution in [3.05, 3.63) is 23.7 Å². The number of rotatable bonds is 5. The summed E-state index contributed by atoms with van der Waals surface area (Å²) in [5.74, 6) is 1.10. The minimum atomic E-state index is -0.607. The fourth-order valence-corrected chi connectivity index (χ4v) is 2.58. The van der Waals surface area contributed by atoms with E-state index in [2.05, 4.69) is 17.0 Å². The molecule has 0 aromatic carbocycles. The molecule has 1 fully saturated rings. The molecule has 1 aromatic heterocycles. The minimum absolute atomic E-state index is 0.203. The average Bonchev–Trinajstić information content (AvgIpc) is 2.90. The van der Waals surface area contributed by atoms with Crippen LogP contribution in [-0.4, -0.2) is 30.3 Å². The quantitative estimate of drug-likeness (QED) is 0.809. The van der Waals surface area contributed by atoms with Crippen LogP contribution in [0.3, 0.4) is 0 Å². The molecular weight excluding hydrogens is 258 g/mol. The molecule has 0 atom stereocenters. The second kappa shape index (κ2) is 6.41. The topological polar surface area (TPSA) is 71.7 Å². The average molecular weight is 281 g/mol. The van der Waals surface area contributed by atoms with Gasteiger partial charge in [-0.05, 0) is 43.7 Å². The molecule has 5 nitrogen and oxygen atoms in total. The Kier molecular flexibility index (Phi) is 4.83. The first-order chi connectivity index (χ1) is 9.52. The minimum Gasteiger partial charge on any atom is -0.463 e. The van der Waals surface area contributed by atoms with Crippen molar-refractivity contribution in [2.45, 2.75) is 44.8 Å². The monoisotopic (exact) mass is 281 g/mol. The Hall–Kier alpha value is -1.33. The van der Waals surface area contributed by atoms with E-state index < -0.39 is 11.6 Å². The summed E-state index contributed by atoms with van der Waals surface area (Å²) in [4.78, 5) is 11.3. The van der Waals surface area contributed by atoms with Gasteiger partial charge in [0.15, 0.2) is 0 Å². The van der Waals surface area contributed by atoms with Gasteiger partial charge in [0.1, 0.15) is 5.76 Å². The van der Waals surface area contributed by atoms with Gasteiger partial charge in [0.25, 0.3) is 0 Å². The molecule has 1 saturated carbocycles. The van der Waals surface area contributed by atoms with Crippen molar-refractivity contribution in [1.29, 1.82) is 0 Å². The van der Waals surface area contributed by atoms with Crippen LogP contribution in [-0.2, 0) is 11.3 Å². The molecule has 0 radical (unpaired) electrons. The highest BCUT2D eigenvalue weighted by molar-refractivity contribution is 5.86. The summed E-state index contributed by atoms with van der Waals surface area (Å²) >= 11 is 0. The number of carbonyl (C=O) groups excluding carboxylic acids is 1. The van der Waals surface area contributed by atoms with E-state index in [1.807, 2.05) is 0 Å². The molecular formula is C15H23NO4. The molecule has 2 N–H and O–H groups in total. The van der Waals surface area contributed by atoms with Crippen molar-refractivity contribution in [3.8, 4) is 0 Å². The number of ether oxygens (including phenoxy) is 1. The maximum Gasteiger partial charge on any atom is 0.373 e. The second-order valence-electron chi connectivity index (χ2n) is 5.77. The highest BCUT2D eigenvalue weighted by Gasteiger charge is 2.31. The summed E-state index contributed by atoms with van der Waals surface area (Å²) in [6.07, 6.45) is 3.83. The molecule has 0 unspecified atom stereocenters. The number of methoxy groups -OCH3 is 1. The molecule has 2 rings (SSSR count). The van der Waals surface area contributed by atoms with Gasteiger partial charge in [-0.1, -0.05) is 6.92 Å². The van der Waals surface area contributed by atoms with Crippen LogP contribution in [0.15, 0.2) is 16.5 Å². The SMILES string of the molecule is COC(=O)c1ccc(CNCC2(O)CCC(C)CC2)o1. The van der Waals surface area contributed by atoms with E-state index in [0.717, 1.165) is 25.7 Å². The molecule has 112 valence electrons. The van der Waals surface area contributed by atoms with Gasteiger partial charge in [-0.15, -0.1) is 0 Å². The fraction of sp³-hybridized carbons (Fsp3) is 0.667. The Balaban J connectivity index is 1.78. The number of aliphatic hydroxyl groups is 1. The largest absolute Gasteiger partial charge is 0.463 e. The van der Waals surface area contributed by atoms with Crippen LogP contribution in [0.25, 0.3) is 0 Å². The summed E-state index contributed by atoms with van der Waals surface area (Å²) in [6, 6.07) is 3.34. The predicted octanol–water partition coefficient (Wildman–Crippen LogP) is 2.10. The van der Waals surface area contributed by atoms with Gasteiger partial charge in [0, 0.05) is 6.54 Å². The van der Waals surface area contributed by atoms with Crippen molar-refractivity contribution in [1.82, 2.24) is 5.32 Å². The van der Waals surface area contributed by atoms with Crippen molar-refractivity contribution in [2.75, 3.05) is 13.7 Å². The molecule has 0 amide bonds. The number of carbonyl (C=O) groups is 1. The van der Waals surface area contributed by atoms with Gasteiger partial charge in [-0.3, -0.25) is 0 Å². The van der Waals surface area contributed by atoms with Crippen LogP contribution in [0.4, 0.5) is 0 Å². The number of esters is 1. The highest BCUT2D eigenvalue weighted by atomic mass is 16.5. The van der Waals surface area contributed by atoms with E-state index in [4.69, 9.17) is 4.42 Å². The molecule has 1 aliphatic carbocycles. The first-order valence-corrected chi connectivity index (χ1v) is 7.12. The third kappa shape index (κ3) is 3.84. The molecule has 0 saturated heterocycles. The summed E-state index contributed by atoms with van der Waals surface area (Å²) < 4.78 is 9.94. The lowest BCUT2D eigenvalue weighted by Gasteiger charge is -2.35. The summed E-state index contributed by atoms with van der Waals surface area (Å²) in [5, 5.41) is 13.6. The molecule has 20 heavy (non-hydrogen) atoms. The van der Waals surface area contributed by atoms with Crippen molar-refractivity contribution in [3.63, 3.8) is 0 Å². The van der Waals surface area contributed by atoms with E-state index in [0.29, 0.717) is 24.8 Å². The molecule has 1 aromatic rings. The van der Waals surface area contributed by atoms with Crippen LogP contribution in [0, 0.1) is 5.92 Å². The lowest BCUT2D eigenvalue weighted by Crippen LogP contribution is -2.43. The van der Waals surface area contributed by atoms with E-state index in [1.165, 1.54) is 7.11 Å². The van der Waals surface area contributed by atoms with E-state index in [9.17, 15) is 9.90 Å². The van der Waals surface area contributed by atoms with Gasteiger partial charge in [0.05, 0.1) is 19.3 Å². The zero-order chi connectivity index (χ0) is 14.6. The number of furan rings is 1. The van der Waals surface area contributed by atoms with Crippen LogP contribution >= 0.6 is 0 Å². The smallest absolute Gasteiger partial charge is 0.373 e. The Morgan fingerprint density at radius 2 is 2.20 bits per heavy atom. The molecule has 0 aliphatic heterocycles. The molecule has 1 aliphatic rings. The third-order valence-electron chi connectivity index (χ3n) is 4.01. The van der Waals surface area contributed by atoms with Gasteiger partial charge < -0.3 is 19.6 Å². The van der Waals surface area contributed by atoms with Gasteiger partial charge in [-0.25, -0.2) is 4.79 Å². The third-order valence-corrected chi connectivity index (χ3v) is 4.01. The normalized spacial score (nSPS) is 26.4. The predicted molar refractivity (Wildman–Crippen MR) is 74.3 cm³/mol. The lowest BCUT2D eigenvalue weighted by atomic mass is 9.79. The van der Waals surface area contributed by atoms with Crippen molar-refractivity contribution >= 4 is 5.97 Å². The first-order valence-electron chi connectivity index (χ1n) is 7.12. The lowest BCUT2D eigenvalue weighted by molar-refractivity contribution is -0.00660. The van der Waals surface area contributed by atoms with Crippen LogP contribution in [0.2, 0.25) is 0 Å². The zero-order valence-corrected chi connectivity index (χ0v) is 12.1. The second-order valence-corrected chi connectivity index (χ2v) is 5.77. The number of nitrogens with one attached hydrogen (secondary N) is 1. The number of hydrogen-bond donors (Lipinski definition) is 2. The zero-order valence-electron chi connectivity index (χ0n) is 12.1. The first kappa shape index (κ1) is 15.1. The number of hydrogen-bond acceptors (Lipinski definition) is 5. The Morgan fingerprint density at radius 3 is 2.85 bits per heavy atom. The van der Waals surface area contributed by atoms with E-state index in [-0.39, 0.29) is 5.76 Å². The maximum absolute atomic E-state index is 11.3.